The molecule has 0 atom stereocenters. The molecule has 0 spiro atoms. The van der Waals surface area contributed by atoms with Crippen LogP contribution in [0, 0.1) is 0 Å². The van der Waals surface area contributed by atoms with Crippen molar-refractivity contribution in [2.24, 2.45) is 5.73 Å². The molecule has 0 aliphatic rings. The fraction of sp³-hybridized carbons (Fsp3) is 0.0909. The summed E-state index contributed by atoms with van der Waals surface area (Å²) >= 11 is 5.88. The van der Waals surface area contributed by atoms with Crippen molar-refractivity contribution >= 4 is 28.1 Å². The minimum Gasteiger partial charge on any atom is -0.355 e. The first-order chi connectivity index (χ1) is 6.70. The number of H-pyrrole nitrogens is 1. The number of nitrogens with one attached hydrogen (secondary N) is 1. The van der Waals surface area contributed by atoms with E-state index in [9.17, 15) is 0 Å². The summed E-state index contributed by atoms with van der Waals surface area (Å²) in [5.41, 5.74) is 8.44. The van der Waals surface area contributed by atoms with E-state index >= 15 is 0 Å². The van der Waals surface area contributed by atoms with Gasteiger partial charge in [-0.1, -0.05) is 18.2 Å². The Morgan fingerprint density at radius 2 is 2.21 bits per heavy atom. The van der Waals surface area contributed by atoms with Gasteiger partial charge < -0.3 is 10.7 Å². The molecule has 0 radical (unpaired) electrons. The maximum Gasteiger partial charge on any atom is 0.0459 e. The largest absolute Gasteiger partial charge is 0.355 e. The fourth-order valence-corrected chi connectivity index (χ4v) is 1.58. The standard InChI is InChI=1S/C11H11ClN2/c1-7(6-13)11-5-8-4-9(12)2-3-10(8)14-11/h2-5,14H,1,6,13H2. The van der Waals surface area contributed by atoms with Crippen molar-refractivity contribution in [1.82, 2.24) is 4.98 Å². The number of nitrogens with two attached hydrogens (primary N) is 1. The summed E-state index contributed by atoms with van der Waals surface area (Å²) in [7, 11) is 0. The average Bonchev–Trinajstić information content (AvgIpc) is 2.59. The predicted octanol–water partition coefficient (Wildman–Crippen LogP) is 2.79. The van der Waals surface area contributed by atoms with Gasteiger partial charge in [-0.15, -0.1) is 0 Å². The highest BCUT2D eigenvalue weighted by molar-refractivity contribution is 6.31. The molecule has 0 amide bonds. The molecule has 0 unspecified atom stereocenters. The summed E-state index contributed by atoms with van der Waals surface area (Å²) in [6.45, 7) is 4.33. The Kier molecular flexibility index (Phi) is 2.32. The predicted molar refractivity (Wildman–Crippen MR) is 61.4 cm³/mol. The highest BCUT2D eigenvalue weighted by Gasteiger charge is 2.02. The normalized spacial score (nSPS) is 10.7. The van der Waals surface area contributed by atoms with Crippen LogP contribution in [0.4, 0.5) is 0 Å². The van der Waals surface area contributed by atoms with Crippen LogP contribution in [0.25, 0.3) is 16.5 Å². The van der Waals surface area contributed by atoms with E-state index < -0.39 is 0 Å². The summed E-state index contributed by atoms with van der Waals surface area (Å²) in [5.74, 6) is 0. The van der Waals surface area contributed by atoms with Gasteiger partial charge in [0.25, 0.3) is 0 Å². The number of halogens is 1. The second kappa shape index (κ2) is 3.48. The zero-order valence-corrected chi connectivity index (χ0v) is 8.43. The molecule has 3 heteroatoms. The van der Waals surface area contributed by atoms with Gasteiger partial charge in [0, 0.05) is 28.2 Å². The molecule has 0 bridgehead atoms. The molecule has 0 saturated carbocycles. The quantitative estimate of drug-likeness (QED) is 0.780. The van der Waals surface area contributed by atoms with Gasteiger partial charge in [0.2, 0.25) is 0 Å². The molecule has 72 valence electrons. The van der Waals surface area contributed by atoms with Crippen molar-refractivity contribution in [2.75, 3.05) is 6.54 Å². The third kappa shape index (κ3) is 1.54. The Bertz CT molecular complexity index is 485. The summed E-state index contributed by atoms with van der Waals surface area (Å²) < 4.78 is 0. The van der Waals surface area contributed by atoms with E-state index in [2.05, 4.69) is 11.6 Å². The SMILES string of the molecule is C=C(CN)c1cc2cc(Cl)ccc2[nH]1. The second-order valence-electron chi connectivity index (χ2n) is 3.22. The van der Waals surface area contributed by atoms with Gasteiger partial charge in [0.1, 0.15) is 0 Å². The average molecular weight is 207 g/mol. The van der Waals surface area contributed by atoms with Crippen molar-refractivity contribution < 1.29 is 0 Å². The zero-order chi connectivity index (χ0) is 10.1. The molecule has 1 aromatic carbocycles. The minimum absolute atomic E-state index is 0.459. The molecule has 1 heterocycles. The monoisotopic (exact) mass is 206 g/mol. The lowest BCUT2D eigenvalue weighted by atomic mass is 10.2. The topological polar surface area (TPSA) is 41.8 Å². The number of benzene rings is 1. The summed E-state index contributed by atoms with van der Waals surface area (Å²) in [4.78, 5) is 3.24. The van der Waals surface area contributed by atoms with Gasteiger partial charge in [-0.2, -0.15) is 0 Å². The third-order valence-corrected chi connectivity index (χ3v) is 2.45. The fourth-order valence-electron chi connectivity index (χ4n) is 1.40. The zero-order valence-electron chi connectivity index (χ0n) is 7.68. The molecule has 0 saturated heterocycles. The third-order valence-electron chi connectivity index (χ3n) is 2.21. The molecule has 14 heavy (non-hydrogen) atoms. The van der Waals surface area contributed by atoms with Crippen LogP contribution in [0.5, 0.6) is 0 Å². The number of hydrogen-bond acceptors (Lipinski definition) is 1. The molecule has 2 rings (SSSR count). The van der Waals surface area contributed by atoms with Gasteiger partial charge in [-0.25, -0.2) is 0 Å². The minimum atomic E-state index is 0.459. The van der Waals surface area contributed by atoms with E-state index in [0.717, 1.165) is 27.2 Å². The van der Waals surface area contributed by atoms with E-state index in [4.69, 9.17) is 17.3 Å². The van der Waals surface area contributed by atoms with Gasteiger partial charge in [-0.05, 0) is 29.8 Å². The van der Waals surface area contributed by atoms with Crippen LogP contribution in [0.1, 0.15) is 5.69 Å². The van der Waals surface area contributed by atoms with E-state index in [-0.39, 0.29) is 0 Å². The Morgan fingerprint density at radius 3 is 2.93 bits per heavy atom. The lowest BCUT2D eigenvalue weighted by Crippen LogP contribution is -2.00. The molecule has 0 fully saturated rings. The first-order valence-electron chi connectivity index (χ1n) is 4.37. The summed E-state index contributed by atoms with van der Waals surface area (Å²) in [6, 6.07) is 7.73. The van der Waals surface area contributed by atoms with Crippen LogP contribution >= 0.6 is 11.6 Å². The van der Waals surface area contributed by atoms with Gasteiger partial charge in [-0.3, -0.25) is 0 Å². The number of aromatic amines is 1. The molecule has 3 N–H and O–H groups in total. The smallest absolute Gasteiger partial charge is 0.0459 e. The number of fused-ring (bicyclic) bond motifs is 1. The van der Waals surface area contributed by atoms with Crippen LogP contribution in [0.15, 0.2) is 30.8 Å². The Labute approximate surface area is 87.4 Å². The van der Waals surface area contributed by atoms with Crippen LogP contribution < -0.4 is 5.73 Å². The highest BCUT2D eigenvalue weighted by Crippen LogP contribution is 2.22. The van der Waals surface area contributed by atoms with Gasteiger partial charge in [0.05, 0.1) is 0 Å². The van der Waals surface area contributed by atoms with Crippen LogP contribution in [0.2, 0.25) is 5.02 Å². The van der Waals surface area contributed by atoms with Crippen molar-refractivity contribution in [3.8, 4) is 0 Å². The lowest BCUT2D eigenvalue weighted by Gasteiger charge is -1.95. The maximum atomic E-state index is 5.88. The van der Waals surface area contributed by atoms with Crippen LogP contribution in [0.3, 0.4) is 0 Å². The van der Waals surface area contributed by atoms with Crippen molar-refractivity contribution in [1.29, 1.82) is 0 Å². The lowest BCUT2D eigenvalue weighted by molar-refractivity contribution is 1.24. The Morgan fingerprint density at radius 1 is 1.43 bits per heavy atom. The molecule has 2 nitrogen and oxygen atoms in total. The molecular formula is C11H11ClN2. The first kappa shape index (κ1) is 9.31. The Hall–Kier alpha value is -1.25. The van der Waals surface area contributed by atoms with Gasteiger partial charge >= 0.3 is 0 Å². The Balaban J connectivity index is 2.56. The number of aromatic nitrogens is 1. The molecular weight excluding hydrogens is 196 g/mol. The van der Waals surface area contributed by atoms with Crippen molar-refractivity contribution in [3.05, 3.63) is 41.6 Å². The van der Waals surface area contributed by atoms with Crippen LogP contribution in [-0.4, -0.2) is 11.5 Å². The molecule has 2 aromatic rings. The second-order valence-corrected chi connectivity index (χ2v) is 3.66. The van der Waals surface area contributed by atoms with Crippen molar-refractivity contribution in [3.63, 3.8) is 0 Å². The van der Waals surface area contributed by atoms with Gasteiger partial charge in [0.15, 0.2) is 0 Å². The number of rotatable bonds is 2. The molecule has 1 aromatic heterocycles. The summed E-state index contributed by atoms with van der Waals surface area (Å²) in [5, 5.41) is 1.82. The highest BCUT2D eigenvalue weighted by atomic mass is 35.5. The number of hydrogen-bond donors (Lipinski definition) is 2. The molecule has 0 aliphatic heterocycles. The van der Waals surface area contributed by atoms with E-state index in [1.165, 1.54) is 0 Å². The maximum absolute atomic E-state index is 5.88. The van der Waals surface area contributed by atoms with Crippen LogP contribution in [-0.2, 0) is 0 Å². The van der Waals surface area contributed by atoms with E-state index in [0.29, 0.717) is 6.54 Å². The molecule has 0 aliphatic carbocycles. The first-order valence-corrected chi connectivity index (χ1v) is 4.75. The van der Waals surface area contributed by atoms with E-state index in [1.54, 1.807) is 0 Å². The van der Waals surface area contributed by atoms with Crippen molar-refractivity contribution in [2.45, 2.75) is 0 Å². The van der Waals surface area contributed by atoms with E-state index in [1.807, 2.05) is 24.3 Å². The summed E-state index contributed by atoms with van der Waals surface area (Å²) in [6.07, 6.45) is 0.